The summed E-state index contributed by atoms with van der Waals surface area (Å²) < 4.78 is 37.4. The number of benzene rings is 1. The van der Waals surface area contributed by atoms with Crippen LogP contribution < -0.4 is 0 Å². The van der Waals surface area contributed by atoms with Gasteiger partial charge in [-0.3, -0.25) is 0 Å². The molecule has 0 spiro atoms. The van der Waals surface area contributed by atoms with Crippen molar-refractivity contribution in [2.45, 2.75) is 11.8 Å². The van der Waals surface area contributed by atoms with Gasteiger partial charge in [0.2, 0.25) is 5.60 Å². The Bertz CT molecular complexity index is 318. The SMILES string of the molecule is C=CC(O)(c1ccccc1)C(F)(F)F. The van der Waals surface area contributed by atoms with E-state index in [4.69, 9.17) is 0 Å². The van der Waals surface area contributed by atoms with Crippen LogP contribution in [0.5, 0.6) is 0 Å². The first-order chi connectivity index (χ1) is 6.42. The van der Waals surface area contributed by atoms with Crippen molar-refractivity contribution in [1.29, 1.82) is 0 Å². The van der Waals surface area contributed by atoms with Crippen LogP contribution in [0.4, 0.5) is 13.2 Å². The van der Waals surface area contributed by atoms with Gasteiger partial charge in [0, 0.05) is 0 Å². The maximum atomic E-state index is 12.5. The Balaban J connectivity index is 3.22. The zero-order chi connectivity index (χ0) is 10.8. The number of halogens is 3. The van der Waals surface area contributed by atoms with Crippen LogP contribution in [0.1, 0.15) is 5.56 Å². The highest BCUT2D eigenvalue weighted by Gasteiger charge is 2.52. The van der Waals surface area contributed by atoms with E-state index in [2.05, 4.69) is 6.58 Å². The first kappa shape index (κ1) is 10.8. The minimum Gasteiger partial charge on any atom is -0.373 e. The molecular weight excluding hydrogens is 193 g/mol. The molecule has 0 aliphatic rings. The Labute approximate surface area is 79.5 Å². The summed E-state index contributed by atoms with van der Waals surface area (Å²) >= 11 is 0. The molecule has 0 amide bonds. The van der Waals surface area contributed by atoms with Crippen LogP contribution in [0.15, 0.2) is 43.0 Å². The molecular formula is C10H9F3O. The second-order valence-corrected chi connectivity index (χ2v) is 2.83. The van der Waals surface area contributed by atoms with Crippen molar-refractivity contribution in [1.82, 2.24) is 0 Å². The molecule has 1 nitrogen and oxygen atoms in total. The fraction of sp³-hybridized carbons (Fsp3) is 0.200. The lowest BCUT2D eigenvalue weighted by Crippen LogP contribution is -2.40. The topological polar surface area (TPSA) is 20.2 Å². The lowest BCUT2D eigenvalue weighted by atomic mass is 9.93. The van der Waals surface area contributed by atoms with Gasteiger partial charge in [-0.15, -0.1) is 0 Å². The number of rotatable bonds is 2. The molecule has 0 aliphatic heterocycles. The normalized spacial score (nSPS) is 16.0. The zero-order valence-corrected chi connectivity index (χ0v) is 7.25. The van der Waals surface area contributed by atoms with E-state index in [1.165, 1.54) is 24.3 Å². The zero-order valence-electron chi connectivity index (χ0n) is 7.25. The summed E-state index contributed by atoms with van der Waals surface area (Å²) in [6.45, 7) is 3.01. The van der Waals surface area contributed by atoms with E-state index in [-0.39, 0.29) is 5.56 Å². The third-order valence-corrected chi connectivity index (χ3v) is 1.94. The van der Waals surface area contributed by atoms with Crippen molar-refractivity contribution in [2.24, 2.45) is 0 Å². The van der Waals surface area contributed by atoms with E-state index >= 15 is 0 Å². The van der Waals surface area contributed by atoms with Crippen molar-refractivity contribution in [3.63, 3.8) is 0 Å². The summed E-state index contributed by atoms with van der Waals surface area (Å²) in [6, 6.07) is 6.83. The van der Waals surface area contributed by atoms with E-state index in [1.807, 2.05) is 0 Å². The van der Waals surface area contributed by atoms with Crippen molar-refractivity contribution in [3.05, 3.63) is 48.6 Å². The van der Waals surface area contributed by atoms with Gasteiger partial charge >= 0.3 is 6.18 Å². The van der Waals surface area contributed by atoms with Crippen molar-refractivity contribution in [3.8, 4) is 0 Å². The summed E-state index contributed by atoms with van der Waals surface area (Å²) in [5.41, 5.74) is -3.20. The van der Waals surface area contributed by atoms with Gasteiger partial charge in [0.05, 0.1) is 0 Å². The maximum absolute atomic E-state index is 12.5. The molecule has 4 heteroatoms. The highest BCUT2D eigenvalue weighted by Crippen LogP contribution is 2.39. The minimum atomic E-state index is -4.75. The molecule has 0 aliphatic carbocycles. The van der Waals surface area contributed by atoms with E-state index in [0.717, 1.165) is 0 Å². The van der Waals surface area contributed by atoms with Gasteiger partial charge in [-0.2, -0.15) is 13.2 Å². The van der Waals surface area contributed by atoms with Crippen LogP contribution in [-0.4, -0.2) is 11.3 Å². The summed E-state index contributed by atoms with van der Waals surface area (Å²) in [7, 11) is 0. The second kappa shape index (κ2) is 3.46. The first-order valence-corrected chi connectivity index (χ1v) is 3.90. The molecule has 0 bridgehead atoms. The fourth-order valence-corrected chi connectivity index (χ4v) is 1.09. The molecule has 0 aromatic heterocycles. The third kappa shape index (κ3) is 1.65. The number of aliphatic hydroxyl groups is 1. The molecule has 1 N–H and O–H groups in total. The van der Waals surface area contributed by atoms with Crippen LogP contribution >= 0.6 is 0 Å². The highest BCUT2D eigenvalue weighted by molar-refractivity contribution is 5.28. The molecule has 1 aromatic rings. The van der Waals surface area contributed by atoms with Gasteiger partial charge in [0.15, 0.2) is 0 Å². The predicted molar refractivity (Wildman–Crippen MR) is 46.6 cm³/mol. The van der Waals surface area contributed by atoms with Crippen molar-refractivity contribution in [2.75, 3.05) is 0 Å². The standard InChI is InChI=1S/C10H9F3O/c1-2-9(14,10(11,12)13)8-6-4-3-5-7-8/h2-7,14H,1H2. The van der Waals surface area contributed by atoms with Crippen LogP contribution in [0.25, 0.3) is 0 Å². The van der Waals surface area contributed by atoms with Crippen LogP contribution in [0.3, 0.4) is 0 Å². The summed E-state index contributed by atoms with van der Waals surface area (Å²) in [5, 5.41) is 9.38. The van der Waals surface area contributed by atoms with Gasteiger partial charge in [-0.1, -0.05) is 36.9 Å². The Morgan fingerprint density at radius 1 is 1.14 bits per heavy atom. The molecule has 0 radical (unpaired) electrons. The van der Waals surface area contributed by atoms with Gasteiger partial charge in [0.1, 0.15) is 0 Å². The summed E-state index contributed by atoms with van der Waals surface area (Å²) in [5.74, 6) is 0. The van der Waals surface area contributed by atoms with Crippen molar-refractivity contribution < 1.29 is 18.3 Å². The van der Waals surface area contributed by atoms with E-state index in [9.17, 15) is 18.3 Å². The molecule has 1 rings (SSSR count). The lowest BCUT2D eigenvalue weighted by Gasteiger charge is -2.27. The van der Waals surface area contributed by atoms with Gasteiger partial charge in [-0.05, 0) is 11.6 Å². The molecule has 0 saturated carbocycles. The average Bonchev–Trinajstić information content (AvgIpc) is 2.16. The number of hydrogen-bond donors (Lipinski definition) is 1. The second-order valence-electron chi connectivity index (χ2n) is 2.83. The van der Waals surface area contributed by atoms with E-state index < -0.39 is 11.8 Å². The van der Waals surface area contributed by atoms with Gasteiger partial charge in [-0.25, -0.2) is 0 Å². The molecule has 0 fully saturated rings. The minimum absolute atomic E-state index is 0.234. The molecule has 0 heterocycles. The van der Waals surface area contributed by atoms with Crippen LogP contribution in [-0.2, 0) is 5.60 Å². The van der Waals surface area contributed by atoms with E-state index in [1.54, 1.807) is 6.07 Å². The van der Waals surface area contributed by atoms with Crippen LogP contribution in [0, 0.1) is 0 Å². The smallest absolute Gasteiger partial charge is 0.373 e. The Kier molecular flexibility index (Phi) is 2.66. The molecule has 1 atom stereocenters. The highest BCUT2D eigenvalue weighted by atomic mass is 19.4. The molecule has 76 valence electrons. The molecule has 1 unspecified atom stereocenters. The number of alkyl halides is 3. The summed E-state index contributed by atoms with van der Waals surface area (Å²) in [4.78, 5) is 0. The van der Waals surface area contributed by atoms with Crippen LogP contribution in [0.2, 0.25) is 0 Å². The Hall–Kier alpha value is -1.29. The fourth-order valence-electron chi connectivity index (χ4n) is 1.09. The summed E-state index contributed by atoms with van der Waals surface area (Å²) in [6.07, 6.45) is -4.27. The monoisotopic (exact) mass is 202 g/mol. The average molecular weight is 202 g/mol. The molecule has 0 saturated heterocycles. The number of hydrogen-bond acceptors (Lipinski definition) is 1. The van der Waals surface area contributed by atoms with Crippen molar-refractivity contribution >= 4 is 0 Å². The lowest BCUT2D eigenvalue weighted by molar-refractivity contribution is -0.245. The molecule has 1 aromatic carbocycles. The maximum Gasteiger partial charge on any atom is 0.425 e. The first-order valence-electron chi connectivity index (χ1n) is 3.90. The van der Waals surface area contributed by atoms with E-state index in [0.29, 0.717) is 6.08 Å². The largest absolute Gasteiger partial charge is 0.425 e. The Morgan fingerprint density at radius 2 is 1.64 bits per heavy atom. The Morgan fingerprint density at radius 3 is 2.00 bits per heavy atom. The quantitative estimate of drug-likeness (QED) is 0.731. The van der Waals surface area contributed by atoms with Gasteiger partial charge < -0.3 is 5.11 Å². The third-order valence-electron chi connectivity index (χ3n) is 1.94. The van der Waals surface area contributed by atoms with Gasteiger partial charge in [0.25, 0.3) is 0 Å². The predicted octanol–water partition coefficient (Wildman–Crippen LogP) is 2.62. The molecule has 14 heavy (non-hydrogen) atoms.